The van der Waals surface area contributed by atoms with Crippen molar-refractivity contribution in [2.24, 2.45) is 0 Å². The molecule has 0 amide bonds. The van der Waals surface area contributed by atoms with E-state index in [2.05, 4.69) is 25.6 Å². The van der Waals surface area contributed by atoms with Crippen molar-refractivity contribution in [3.8, 4) is 0 Å². The molecule has 0 saturated heterocycles. The van der Waals surface area contributed by atoms with E-state index in [1.165, 1.54) is 12.2 Å². The summed E-state index contributed by atoms with van der Waals surface area (Å²) >= 11 is 1.95. The van der Waals surface area contributed by atoms with E-state index in [9.17, 15) is 0 Å². The quantitative estimate of drug-likeness (QED) is 0.672. The normalized spacial score (nSPS) is 10.7. The molecule has 1 N–H and O–H groups in total. The van der Waals surface area contributed by atoms with Crippen LogP contribution < -0.4 is 5.32 Å². The molecule has 0 atom stereocenters. The molecule has 0 unspecified atom stereocenters. The first-order valence-electron chi connectivity index (χ1n) is 4.86. The Balaban J connectivity index is 2.04. The van der Waals surface area contributed by atoms with Gasteiger partial charge in [-0.2, -0.15) is 0 Å². The minimum atomic E-state index is 0.0688. The monoisotopic (exact) mass is 287 g/mol. The van der Waals surface area contributed by atoms with Crippen LogP contribution in [0.2, 0.25) is 0 Å². The van der Waals surface area contributed by atoms with Gasteiger partial charge in [-0.3, -0.25) is 0 Å². The summed E-state index contributed by atoms with van der Waals surface area (Å²) in [6.45, 7) is 1.01. The predicted molar refractivity (Wildman–Crippen MR) is 68.0 cm³/mol. The molecule has 0 saturated carbocycles. The number of rotatable bonds is 5. The van der Waals surface area contributed by atoms with Crippen molar-refractivity contribution in [1.82, 2.24) is 7.96 Å². The third-order valence-corrected chi connectivity index (χ3v) is 3.96. The van der Waals surface area contributed by atoms with E-state index in [0.717, 1.165) is 23.3 Å². The zero-order valence-corrected chi connectivity index (χ0v) is 11.1. The van der Waals surface area contributed by atoms with Gasteiger partial charge in [-0.25, -0.2) is 0 Å². The van der Waals surface area contributed by atoms with Gasteiger partial charge in [-0.05, 0) is 0 Å². The molecule has 2 rings (SSSR count). The zero-order chi connectivity index (χ0) is 10.5. The van der Waals surface area contributed by atoms with Crippen molar-refractivity contribution in [3.63, 3.8) is 0 Å². The topological polar surface area (TPSA) is 37.8 Å². The van der Waals surface area contributed by atoms with E-state index in [0.29, 0.717) is 0 Å². The van der Waals surface area contributed by atoms with Gasteiger partial charge in [-0.15, -0.1) is 0 Å². The Morgan fingerprint density at radius 2 is 2.33 bits per heavy atom. The molecule has 0 radical (unpaired) electrons. The Hall–Kier alpha value is -0.511. The van der Waals surface area contributed by atoms with E-state index < -0.39 is 0 Å². The molecular formula is C10H13N3SSe. The van der Waals surface area contributed by atoms with Crippen LogP contribution in [0.25, 0.3) is 11.0 Å². The van der Waals surface area contributed by atoms with Crippen LogP contribution in [0, 0.1) is 0 Å². The molecule has 0 aliphatic heterocycles. The van der Waals surface area contributed by atoms with Crippen LogP contribution in [0.1, 0.15) is 6.42 Å². The fourth-order valence-corrected chi connectivity index (χ4v) is 2.97. The van der Waals surface area contributed by atoms with Crippen molar-refractivity contribution < 1.29 is 0 Å². The third-order valence-electron chi connectivity index (χ3n) is 2.13. The molecular weight excluding hydrogens is 273 g/mol. The van der Waals surface area contributed by atoms with Crippen LogP contribution >= 0.6 is 11.8 Å². The van der Waals surface area contributed by atoms with Gasteiger partial charge in [0, 0.05) is 0 Å². The van der Waals surface area contributed by atoms with Crippen LogP contribution in [0.15, 0.2) is 18.2 Å². The van der Waals surface area contributed by atoms with Crippen LogP contribution in [-0.4, -0.2) is 41.5 Å². The molecule has 0 fully saturated rings. The summed E-state index contributed by atoms with van der Waals surface area (Å²) in [5.74, 6) is 1.20. The van der Waals surface area contributed by atoms with Gasteiger partial charge in [0.2, 0.25) is 0 Å². The standard InChI is InChI=1S/C10H13N3SSe/c1-14-7-3-6-11-8-4-2-5-9-10(8)13-15-12-9/h2,4-5,11H,3,6-7H2,1H3. The first-order chi connectivity index (χ1) is 7.42. The van der Waals surface area contributed by atoms with Crippen LogP contribution in [0.3, 0.4) is 0 Å². The molecule has 0 bridgehead atoms. The second-order valence-electron chi connectivity index (χ2n) is 3.21. The summed E-state index contributed by atoms with van der Waals surface area (Å²) in [6.07, 6.45) is 3.32. The Morgan fingerprint density at radius 1 is 1.40 bits per heavy atom. The van der Waals surface area contributed by atoms with E-state index in [-0.39, 0.29) is 15.0 Å². The van der Waals surface area contributed by atoms with Crippen molar-refractivity contribution in [1.29, 1.82) is 0 Å². The van der Waals surface area contributed by atoms with Crippen LogP contribution in [0.5, 0.6) is 0 Å². The van der Waals surface area contributed by atoms with E-state index >= 15 is 0 Å². The fraction of sp³-hybridized carbons (Fsp3) is 0.400. The number of benzene rings is 1. The maximum absolute atomic E-state index is 4.43. The van der Waals surface area contributed by atoms with Crippen molar-refractivity contribution in [3.05, 3.63) is 18.2 Å². The second-order valence-corrected chi connectivity index (χ2v) is 5.30. The third kappa shape index (κ3) is 2.74. The Bertz CT molecular complexity index is 429. The number of hydrogen-bond acceptors (Lipinski definition) is 4. The molecule has 2 aromatic rings. The molecule has 1 heterocycles. The Labute approximate surface area is 99.9 Å². The number of aromatic nitrogens is 2. The SMILES string of the molecule is CSCCCNc1cccc2n[se]nc12. The molecule has 1 aromatic heterocycles. The van der Waals surface area contributed by atoms with E-state index in [1.54, 1.807) is 0 Å². The molecule has 0 aliphatic rings. The maximum atomic E-state index is 4.43. The summed E-state index contributed by atoms with van der Waals surface area (Å²) in [5.41, 5.74) is 3.24. The zero-order valence-electron chi connectivity index (χ0n) is 8.56. The van der Waals surface area contributed by atoms with Gasteiger partial charge in [0.05, 0.1) is 0 Å². The number of thioether (sulfide) groups is 1. The Morgan fingerprint density at radius 3 is 3.20 bits per heavy atom. The van der Waals surface area contributed by atoms with Crippen LogP contribution in [-0.2, 0) is 0 Å². The molecule has 15 heavy (non-hydrogen) atoms. The van der Waals surface area contributed by atoms with Crippen molar-refractivity contribution in [2.75, 3.05) is 23.9 Å². The molecule has 3 nitrogen and oxygen atoms in total. The summed E-state index contributed by atoms with van der Waals surface area (Å²) < 4.78 is 8.78. The van der Waals surface area contributed by atoms with Gasteiger partial charge >= 0.3 is 99.9 Å². The van der Waals surface area contributed by atoms with Gasteiger partial charge in [-0.1, -0.05) is 0 Å². The summed E-state index contributed by atoms with van der Waals surface area (Å²) in [6, 6.07) is 6.15. The van der Waals surface area contributed by atoms with Gasteiger partial charge in [0.25, 0.3) is 0 Å². The first kappa shape index (κ1) is 11.0. The van der Waals surface area contributed by atoms with Crippen molar-refractivity contribution in [2.45, 2.75) is 6.42 Å². The number of anilines is 1. The average Bonchev–Trinajstić information content (AvgIpc) is 2.73. The fourth-order valence-electron chi connectivity index (χ4n) is 1.39. The second kappa shape index (κ2) is 5.54. The molecule has 5 heteroatoms. The number of fused-ring (bicyclic) bond motifs is 1. The van der Waals surface area contributed by atoms with Gasteiger partial charge in [0.1, 0.15) is 0 Å². The van der Waals surface area contributed by atoms with Crippen molar-refractivity contribution >= 4 is 43.4 Å². The molecule has 0 spiro atoms. The van der Waals surface area contributed by atoms with Gasteiger partial charge in [0.15, 0.2) is 0 Å². The summed E-state index contributed by atoms with van der Waals surface area (Å²) in [7, 11) is 0. The molecule has 80 valence electrons. The van der Waals surface area contributed by atoms with Gasteiger partial charge < -0.3 is 0 Å². The first-order valence-corrected chi connectivity index (χ1v) is 7.78. The molecule has 1 aromatic carbocycles. The number of nitrogens with one attached hydrogen (secondary N) is 1. The summed E-state index contributed by atoms with van der Waals surface area (Å²) in [4.78, 5) is 0. The van der Waals surface area contributed by atoms with E-state index in [4.69, 9.17) is 0 Å². The number of hydrogen-bond donors (Lipinski definition) is 1. The van der Waals surface area contributed by atoms with E-state index in [1.807, 2.05) is 23.9 Å². The minimum absolute atomic E-state index is 0.0688. The average molecular weight is 286 g/mol. The number of nitrogens with zero attached hydrogens (tertiary/aromatic N) is 2. The Kier molecular flexibility index (Phi) is 4.06. The molecule has 0 aliphatic carbocycles. The van der Waals surface area contributed by atoms with Crippen LogP contribution in [0.4, 0.5) is 5.69 Å². The predicted octanol–water partition coefficient (Wildman–Crippen LogP) is 1.85. The summed E-state index contributed by atoms with van der Waals surface area (Å²) in [5, 5.41) is 3.42.